The molecule has 2 aliphatic carbocycles. The molecule has 0 aliphatic heterocycles. The minimum atomic E-state index is -2.39. The van der Waals surface area contributed by atoms with Gasteiger partial charge in [-0.05, 0) is 36.8 Å². The highest BCUT2D eigenvalue weighted by Crippen LogP contribution is 2.50. The number of carbonyl (C=O) groups excluding carboxylic acids is 5. The van der Waals surface area contributed by atoms with Gasteiger partial charge >= 0.3 is 23.9 Å². The van der Waals surface area contributed by atoms with Gasteiger partial charge < -0.3 is 29.2 Å². The molecule has 0 aromatic heterocycles. The van der Waals surface area contributed by atoms with Crippen molar-refractivity contribution in [1.82, 2.24) is 0 Å². The van der Waals surface area contributed by atoms with Crippen LogP contribution in [0.1, 0.15) is 75.1 Å². The molecule has 1 saturated carbocycles. The molecule has 2 aromatic carbocycles. The Morgan fingerprint density at radius 3 is 1.76 bits per heavy atom. The minimum absolute atomic E-state index is 0.0462. The van der Waals surface area contributed by atoms with Gasteiger partial charge in [-0.25, -0.2) is 9.59 Å². The number of ketones is 1. The van der Waals surface area contributed by atoms with Crippen LogP contribution in [0, 0.1) is 17.3 Å². The van der Waals surface area contributed by atoms with Crippen molar-refractivity contribution in [2.45, 2.75) is 90.0 Å². The number of Topliss-reactive ketones (excluding diaryl/α,β-unsaturated/α-hetero) is 1. The van der Waals surface area contributed by atoms with E-state index in [4.69, 9.17) is 18.9 Å². The Balaban J connectivity index is 1.89. The molecule has 11 nitrogen and oxygen atoms in total. The summed E-state index contributed by atoms with van der Waals surface area (Å²) in [5.74, 6) is -6.36. The lowest BCUT2D eigenvalue weighted by Gasteiger charge is -2.41. The zero-order valence-electron chi connectivity index (χ0n) is 28.6. The fourth-order valence-electron chi connectivity index (χ4n) is 6.84. The third kappa shape index (κ3) is 8.17. The van der Waals surface area contributed by atoms with E-state index in [1.807, 2.05) is 0 Å². The maximum atomic E-state index is 14.3. The van der Waals surface area contributed by atoms with Crippen molar-refractivity contribution < 1.29 is 53.1 Å². The van der Waals surface area contributed by atoms with Crippen LogP contribution < -0.4 is 0 Å². The molecule has 0 saturated heterocycles. The van der Waals surface area contributed by atoms with Crippen molar-refractivity contribution in [3.8, 4) is 0 Å². The van der Waals surface area contributed by atoms with Gasteiger partial charge in [0.05, 0.1) is 17.0 Å². The normalized spacial score (nSPS) is 32.0. The molecule has 0 amide bonds. The van der Waals surface area contributed by atoms with Gasteiger partial charge in [-0.3, -0.25) is 14.4 Å². The van der Waals surface area contributed by atoms with E-state index in [-0.39, 0.29) is 23.1 Å². The second-order valence-electron chi connectivity index (χ2n) is 13.7. The van der Waals surface area contributed by atoms with Gasteiger partial charge in [0.15, 0.2) is 5.78 Å². The SMILES string of the molecule is C=C1C[C@H](OC(C)=O)[C@@H](OC(=O)c2ccccc2)C(C)(C)/C=C/[C@H](C)C(=O)[C@@]2(O)C[C@@](C)(O)[C@H](OC(=O)c3ccccc3)[C@@H]2[C@@H]1OC(C)=O. The number of esters is 4. The number of aliphatic hydroxyl groups is 2. The van der Waals surface area contributed by atoms with E-state index < -0.39 is 89.0 Å². The van der Waals surface area contributed by atoms with E-state index in [1.54, 1.807) is 68.5 Å². The Morgan fingerprint density at radius 1 is 0.776 bits per heavy atom. The molecule has 4 rings (SSSR count). The number of rotatable bonds is 6. The Morgan fingerprint density at radius 2 is 1.27 bits per heavy atom. The summed E-state index contributed by atoms with van der Waals surface area (Å²) in [5, 5.41) is 24.1. The van der Waals surface area contributed by atoms with Crippen molar-refractivity contribution in [1.29, 1.82) is 0 Å². The van der Waals surface area contributed by atoms with Crippen LogP contribution in [-0.2, 0) is 33.3 Å². The minimum Gasteiger partial charge on any atom is -0.458 e. The number of hydrogen-bond donors (Lipinski definition) is 2. The average molecular weight is 677 g/mol. The first-order valence-corrected chi connectivity index (χ1v) is 16.1. The van der Waals surface area contributed by atoms with Crippen LogP contribution in [0.3, 0.4) is 0 Å². The van der Waals surface area contributed by atoms with E-state index in [2.05, 4.69) is 6.58 Å². The van der Waals surface area contributed by atoms with Gasteiger partial charge in [0.25, 0.3) is 0 Å². The standard InChI is InChI=1S/C38H44O11/c1-22-18-19-36(5,6)32(48-34(42)26-14-10-8-11-15-26)28(46-24(3)39)20-23(2)30(47-25(4)40)29-33(37(7,44)21-38(29,45)31(22)41)49-35(43)27-16-12-9-13-17-27/h8-19,22,28-30,32-33,44-45H,2,20-21H2,1,3-7H3/b19-18+/t22-,28-,29-,30+,32+,33+,37+,38+/m0/s1. The lowest BCUT2D eigenvalue weighted by molar-refractivity contribution is -0.167. The molecule has 1 fully saturated rings. The van der Waals surface area contributed by atoms with Crippen LogP contribution in [0.15, 0.2) is 85.0 Å². The van der Waals surface area contributed by atoms with Gasteiger partial charge in [-0.1, -0.05) is 75.9 Å². The third-order valence-electron chi connectivity index (χ3n) is 9.13. The van der Waals surface area contributed by atoms with E-state index >= 15 is 0 Å². The molecular formula is C38H44O11. The molecule has 0 spiro atoms. The number of fused-ring (bicyclic) bond motifs is 1. The fraction of sp³-hybridized carbons (Fsp3) is 0.447. The van der Waals surface area contributed by atoms with Crippen LogP contribution in [-0.4, -0.2) is 75.5 Å². The number of carbonyl (C=O) groups is 5. The fourth-order valence-corrected chi connectivity index (χ4v) is 6.84. The van der Waals surface area contributed by atoms with E-state index in [9.17, 15) is 34.2 Å². The maximum Gasteiger partial charge on any atom is 0.338 e. The summed E-state index contributed by atoms with van der Waals surface area (Å²) in [7, 11) is 0. The summed E-state index contributed by atoms with van der Waals surface area (Å²) in [5.41, 5.74) is -5.01. The molecule has 262 valence electrons. The molecule has 0 heterocycles. The molecule has 0 radical (unpaired) electrons. The number of hydrogen-bond acceptors (Lipinski definition) is 11. The van der Waals surface area contributed by atoms with Crippen molar-refractivity contribution in [2.24, 2.45) is 17.3 Å². The molecule has 0 unspecified atom stereocenters. The first-order valence-electron chi connectivity index (χ1n) is 16.1. The van der Waals surface area contributed by atoms with Gasteiger partial charge in [0.1, 0.15) is 35.6 Å². The first-order chi connectivity index (χ1) is 22.9. The van der Waals surface area contributed by atoms with Crippen molar-refractivity contribution in [3.05, 3.63) is 96.1 Å². The highest BCUT2D eigenvalue weighted by atomic mass is 16.6. The quantitative estimate of drug-likeness (QED) is 0.251. The van der Waals surface area contributed by atoms with Crippen LogP contribution in [0.4, 0.5) is 0 Å². The first kappa shape index (κ1) is 37.2. The molecule has 8 atom stereocenters. The Labute approximate surface area is 285 Å². The Kier molecular flexibility index (Phi) is 11.0. The Bertz CT molecular complexity index is 1610. The van der Waals surface area contributed by atoms with Gasteiger partial charge in [0.2, 0.25) is 0 Å². The molecular weight excluding hydrogens is 632 g/mol. The summed E-state index contributed by atoms with van der Waals surface area (Å²) < 4.78 is 23.4. The van der Waals surface area contributed by atoms with Crippen LogP contribution in [0.25, 0.3) is 0 Å². The van der Waals surface area contributed by atoms with Crippen LogP contribution >= 0.6 is 0 Å². The monoisotopic (exact) mass is 676 g/mol. The molecule has 2 aromatic rings. The van der Waals surface area contributed by atoms with Gasteiger partial charge in [0, 0.05) is 38.0 Å². The molecule has 2 N–H and O–H groups in total. The summed E-state index contributed by atoms with van der Waals surface area (Å²) in [6.45, 7) is 12.8. The molecule has 2 aliphatic rings. The topological polar surface area (TPSA) is 163 Å². The second kappa shape index (κ2) is 14.5. The lowest BCUT2D eigenvalue weighted by atomic mass is 9.73. The Hall–Kier alpha value is -4.61. The predicted octanol–water partition coefficient (Wildman–Crippen LogP) is 4.55. The van der Waals surface area contributed by atoms with Crippen molar-refractivity contribution >= 4 is 29.7 Å². The van der Waals surface area contributed by atoms with E-state index in [0.29, 0.717) is 0 Å². The molecule has 0 bridgehead atoms. The summed E-state index contributed by atoms with van der Waals surface area (Å²) in [6.07, 6.45) is -3.16. The maximum absolute atomic E-state index is 14.3. The van der Waals surface area contributed by atoms with Crippen LogP contribution in [0.2, 0.25) is 0 Å². The second-order valence-corrected chi connectivity index (χ2v) is 13.7. The predicted molar refractivity (Wildman–Crippen MR) is 177 cm³/mol. The molecule has 11 heteroatoms. The van der Waals surface area contributed by atoms with E-state index in [0.717, 1.165) is 6.92 Å². The highest BCUT2D eigenvalue weighted by molar-refractivity contribution is 5.93. The molecule has 49 heavy (non-hydrogen) atoms. The summed E-state index contributed by atoms with van der Waals surface area (Å²) in [4.78, 5) is 66.2. The van der Waals surface area contributed by atoms with Crippen LogP contribution in [0.5, 0.6) is 0 Å². The summed E-state index contributed by atoms with van der Waals surface area (Å²) >= 11 is 0. The van der Waals surface area contributed by atoms with Gasteiger partial charge in [-0.15, -0.1) is 0 Å². The zero-order chi connectivity index (χ0) is 36.3. The van der Waals surface area contributed by atoms with E-state index in [1.165, 1.54) is 39.0 Å². The number of benzene rings is 2. The number of ether oxygens (including phenoxy) is 4. The summed E-state index contributed by atoms with van der Waals surface area (Å²) in [6, 6.07) is 16.2. The van der Waals surface area contributed by atoms with Crippen molar-refractivity contribution in [3.63, 3.8) is 0 Å². The smallest absolute Gasteiger partial charge is 0.338 e. The average Bonchev–Trinajstić information content (AvgIpc) is 3.24. The van der Waals surface area contributed by atoms with Crippen molar-refractivity contribution in [2.75, 3.05) is 0 Å². The third-order valence-corrected chi connectivity index (χ3v) is 9.13. The lowest BCUT2D eigenvalue weighted by Crippen LogP contribution is -2.55. The van der Waals surface area contributed by atoms with Gasteiger partial charge in [-0.2, -0.15) is 0 Å². The highest BCUT2D eigenvalue weighted by Gasteiger charge is 2.67. The largest absolute Gasteiger partial charge is 0.458 e. The number of allylic oxidation sites excluding steroid dienone is 1. The zero-order valence-corrected chi connectivity index (χ0v) is 28.6.